The lowest BCUT2D eigenvalue weighted by Crippen LogP contribution is -2.40. The van der Waals surface area contributed by atoms with Crippen molar-refractivity contribution in [2.75, 3.05) is 6.54 Å². The van der Waals surface area contributed by atoms with Gasteiger partial charge in [-0.05, 0) is 44.4 Å². The van der Waals surface area contributed by atoms with Crippen molar-refractivity contribution in [3.05, 3.63) is 35.0 Å². The Morgan fingerprint density at radius 1 is 1.26 bits per heavy atom. The zero-order chi connectivity index (χ0) is 13.4. The Labute approximate surface area is 113 Å². The van der Waals surface area contributed by atoms with Gasteiger partial charge in [-0.25, -0.2) is 0 Å². The van der Waals surface area contributed by atoms with Crippen LogP contribution in [0.15, 0.2) is 18.3 Å². The van der Waals surface area contributed by atoms with E-state index in [9.17, 15) is 4.79 Å². The molecular formula is C16H20N2O. The SMILES string of the molecule is Cc1ccc2c(C(=O)C3CCCCN3)c[nH]c2c1C. The van der Waals surface area contributed by atoms with Gasteiger partial charge >= 0.3 is 0 Å². The molecule has 1 atom stereocenters. The van der Waals surface area contributed by atoms with Crippen molar-refractivity contribution < 1.29 is 4.79 Å². The molecule has 3 rings (SSSR count). The summed E-state index contributed by atoms with van der Waals surface area (Å²) in [5, 5.41) is 4.39. The van der Waals surface area contributed by atoms with Crippen molar-refractivity contribution in [1.29, 1.82) is 0 Å². The van der Waals surface area contributed by atoms with E-state index in [1.54, 1.807) is 0 Å². The van der Waals surface area contributed by atoms with Crippen molar-refractivity contribution in [2.24, 2.45) is 0 Å². The van der Waals surface area contributed by atoms with Crippen LogP contribution in [0.4, 0.5) is 0 Å². The van der Waals surface area contributed by atoms with Crippen molar-refractivity contribution in [2.45, 2.75) is 39.2 Å². The predicted molar refractivity (Wildman–Crippen MR) is 77.7 cm³/mol. The number of hydrogen-bond donors (Lipinski definition) is 2. The molecule has 1 aromatic carbocycles. The number of ketones is 1. The van der Waals surface area contributed by atoms with Gasteiger partial charge in [0.05, 0.1) is 6.04 Å². The molecule has 1 aliphatic heterocycles. The molecule has 0 amide bonds. The van der Waals surface area contributed by atoms with Crippen molar-refractivity contribution in [3.63, 3.8) is 0 Å². The van der Waals surface area contributed by atoms with E-state index in [-0.39, 0.29) is 11.8 Å². The summed E-state index contributed by atoms with van der Waals surface area (Å²) in [6, 6.07) is 4.15. The van der Waals surface area contributed by atoms with Crippen LogP contribution in [0.5, 0.6) is 0 Å². The fourth-order valence-electron chi connectivity index (χ4n) is 2.92. The summed E-state index contributed by atoms with van der Waals surface area (Å²) in [6.45, 7) is 5.15. The minimum Gasteiger partial charge on any atom is -0.360 e. The van der Waals surface area contributed by atoms with Gasteiger partial charge < -0.3 is 10.3 Å². The molecule has 2 aromatic rings. The number of nitrogens with one attached hydrogen (secondary N) is 2. The maximum absolute atomic E-state index is 12.6. The lowest BCUT2D eigenvalue weighted by atomic mass is 9.95. The lowest BCUT2D eigenvalue weighted by molar-refractivity contribution is 0.0929. The topological polar surface area (TPSA) is 44.9 Å². The van der Waals surface area contributed by atoms with E-state index < -0.39 is 0 Å². The highest BCUT2D eigenvalue weighted by Crippen LogP contribution is 2.25. The van der Waals surface area contributed by atoms with Crippen LogP contribution in [0.1, 0.15) is 40.7 Å². The Kier molecular flexibility index (Phi) is 3.15. The van der Waals surface area contributed by atoms with Gasteiger partial charge in [0.2, 0.25) is 0 Å². The van der Waals surface area contributed by atoms with Gasteiger partial charge in [0.25, 0.3) is 0 Å². The van der Waals surface area contributed by atoms with E-state index in [4.69, 9.17) is 0 Å². The van der Waals surface area contributed by atoms with Gasteiger partial charge in [-0.1, -0.05) is 18.6 Å². The number of aromatic nitrogens is 1. The number of rotatable bonds is 2. The summed E-state index contributed by atoms with van der Waals surface area (Å²) in [6.07, 6.45) is 5.14. The molecule has 1 saturated heterocycles. The number of benzene rings is 1. The number of aryl methyl sites for hydroxylation is 2. The quantitative estimate of drug-likeness (QED) is 0.811. The number of fused-ring (bicyclic) bond motifs is 1. The Morgan fingerprint density at radius 2 is 2.11 bits per heavy atom. The summed E-state index contributed by atoms with van der Waals surface area (Å²) in [7, 11) is 0. The summed E-state index contributed by atoms with van der Waals surface area (Å²) >= 11 is 0. The van der Waals surface area contributed by atoms with Gasteiger partial charge in [0.15, 0.2) is 5.78 Å². The first kappa shape index (κ1) is 12.4. The van der Waals surface area contributed by atoms with Crippen LogP contribution in [-0.2, 0) is 0 Å². The highest BCUT2D eigenvalue weighted by molar-refractivity contribution is 6.10. The average molecular weight is 256 g/mol. The molecule has 1 fully saturated rings. The fraction of sp³-hybridized carbons (Fsp3) is 0.438. The van der Waals surface area contributed by atoms with E-state index in [0.717, 1.165) is 35.9 Å². The Morgan fingerprint density at radius 3 is 2.84 bits per heavy atom. The van der Waals surface area contributed by atoms with Crippen LogP contribution in [0.25, 0.3) is 10.9 Å². The molecule has 19 heavy (non-hydrogen) atoms. The molecule has 0 aliphatic carbocycles. The number of aromatic amines is 1. The second kappa shape index (κ2) is 4.82. The van der Waals surface area contributed by atoms with Gasteiger partial charge in [-0.2, -0.15) is 0 Å². The second-order valence-corrected chi connectivity index (χ2v) is 5.50. The molecule has 100 valence electrons. The third kappa shape index (κ3) is 2.08. The number of carbonyl (C=O) groups is 1. The molecule has 3 heteroatoms. The van der Waals surface area contributed by atoms with E-state index in [1.165, 1.54) is 17.5 Å². The number of hydrogen-bond acceptors (Lipinski definition) is 2. The first-order chi connectivity index (χ1) is 9.18. The number of piperidine rings is 1. The van der Waals surface area contributed by atoms with Crippen LogP contribution >= 0.6 is 0 Å². The third-order valence-electron chi connectivity index (χ3n) is 4.28. The summed E-state index contributed by atoms with van der Waals surface area (Å²) in [5.41, 5.74) is 4.41. The lowest BCUT2D eigenvalue weighted by Gasteiger charge is -2.21. The first-order valence-electron chi connectivity index (χ1n) is 7.03. The highest BCUT2D eigenvalue weighted by Gasteiger charge is 2.24. The highest BCUT2D eigenvalue weighted by atomic mass is 16.1. The molecule has 3 nitrogen and oxygen atoms in total. The van der Waals surface area contributed by atoms with Crippen molar-refractivity contribution >= 4 is 16.7 Å². The minimum atomic E-state index is -0.00522. The Hall–Kier alpha value is -1.61. The second-order valence-electron chi connectivity index (χ2n) is 5.50. The monoisotopic (exact) mass is 256 g/mol. The molecule has 2 heterocycles. The molecule has 1 aromatic heterocycles. The Balaban J connectivity index is 2.01. The molecule has 1 unspecified atom stereocenters. The van der Waals surface area contributed by atoms with Crippen LogP contribution < -0.4 is 5.32 Å². The molecule has 1 aliphatic rings. The van der Waals surface area contributed by atoms with E-state index in [0.29, 0.717) is 0 Å². The smallest absolute Gasteiger partial charge is 0.181 e. The summed E-state index contributed by atoms with van der Waals surface area (Å²) in [4.78, 5) is 15.9. The minimum absolute atomic E-state index is 0.00522. The van der Waals surface area contributed by atoms with Crippen LogP contribution in [0.2, 0.25) is 0 Å². The first-order valence-corrected chi connectivity index (χ1v) is 7.03. The average Bonchev–Trinajstić information content (AvgIpc) is 2.87. The van der Waals surface area contributed by atoms with E-state index in [1.807, 2.05) is 6.20 Å². The van der Waals surface area contributed by atoms with Gasteiger partial charge in [-0.3, -0.25) is 4.79 Å². The fourth-order valence-corrected chi connectivity index (χ4v) is 2.92. The zero-order valence-corrected chi connectivity index (χ0v) is 11.5. The summed E-state index contributed by atoms with van der Waals surface area (Å²) < 4.78 is 0. The molecular weight excluding hydrogens is 236 g/mol. The standard InChI is InChI=1S/C16H20N2O/c1-10-6-7-12-13(9-18-15(12)11(10)2)16(19)14-5-3-4-8-17-14/h6-7,9,14,17-18H,3-5,8H2,1-2H3. The number of Topliss-reactive ketones (excluding diaryl/α,β-unsaturated/α-hetero) is 1. The Bertz CT molecular complexity index is 621. The molecule has 2 N–H and O–H groups in total. The molecule has 0 saturated carbocycles. The van der Waals surface area contributed by atoms with E-state index >= 15 is 0 Å². The van der Waals surface area contributed by atoms with Crippen LogP contribution in [0.3, 0.4) is 0 Å². The molecule has 0 bridgehead atoms. The van der Waals surface area contributed by atoms with Crippen LogP contribution in [0, 0.1) is 13.8 Å². The summed E-state index contributed by atoms with van der Waals surface area (Å²) in [5.74, 6) is 0.231. The maximum atomic E-state index is 12.6. The third-order valence-corrected chi connectivity index (χ3v) is 4.28. The molecule has 0 radical (unpaired) electrons. The van der Waals surface area contributed by atoms with Gasteiger partial charge in [0, 0.05) is 22.7 Å². The van der Waals surface area contributed by atoms with E-state index in [2.05, 4.69) is 36.3 Å². The van der Waals surface area contributed by atoms with Crippen molar-refractivity contribution in [1.82, 2.24) is 10.3 Å². The van der Waals surface area contributed by atoms with Gasteiger partial charge in [-0.15, -0.1) is 0 Å². The zero-order valence-electron chi connectivity index (χ0n) is 11.5. The van der Waals surface area contributed by atoms with Crippen LogP contribution in [-0.4, -0.2) is 23.4 Å². The molecule has 0 spiro atoms. The normalized spacial score (nSPS) is 19.8. The predicted octanol–water partition coefficient (Wildman–Crippen LogP) is 3.11. The van der Waals surface area contributed by atoms with Crippen molar-refractivity contribution in [3.8, 4) is 0 Å². The largest absolute Gasteiger partial charge is 0.360 e. The number of carbonyl (C=O) groups excluding carboxylic acids is 1. The van der Waals surface area contributed by atoms with Gasteiger partial charge in [0.1, 0.15) is 0 Å². The number of H-pyrrole nitrogens is 1. The maximum Gasteiger partial charge on any atom is 0.181 e.